The van der Waals surface area contributed by atoms with E-state index in [1.54, 1.807) is 29.4 Å². The van der Waals surface area contributed by atoms with Gasteiger partial charge >= 0.3 is 0 Å². The third-order valence-corrected chi connectivity index (χ3v) is 3.29. The Hall–Kier alpha value is -3.33. The summed E-state index contributed by atoms with van der Waals surface area (Å²) in [5.41, 5.74) is -0.276. The summed E-state index contributed by atoms with van der Waals surface area (Å²) in [6.45, 7) is 0. The fourth-order valence-electron chi connectivity index (χ4n) is 1.93. The Balaban J connectivity index is 1.83. The maximum absolute atomic E-state index is 12.2. The number of benzene rings is 1. The Morgan fingerprint density at radius 3 is 2.71 bits per heavy atom. The van der Waals surface area contributed by atoms with Gasteiger partial charge in [0, 0.05) is 23.5 Å². The summed E-state index contributed by atoms with van der Waals surface area (Å²) in [7, 11) is 0. The molecule has 2 aromatic heterocycles. The number of imidazole rings is 1. The van der Waals surface area contributed by atoms with Gasteiger partial charge in [-0.25, -0.2) is 4.98 Å². The number of hydrogen-bond acceptors (Lipinski definition) is 6. The third-order valence-electron chi connectivity index (χ3n) is 3.06. The maximum Gasteiger partial charge on any atom is 0.292 e. The highest BCUT2D eigenvalue weighted by Crippen LogP contribution is 2.27. The number of halogens is 1. The topological polar surface area (TPSA) is 116 Å². The first-order valence-corrected chi connectivity index (χ1v) is 7.00. The van der Waals surface area contributed by atoms with Crippen LogP contribution in [-0.2, 0) is 0 Å². The van der Waals surface area contributed by atoms with E-state index < -0.39 is 10.8 Å². The molecule has 0 unspecified atom stereocenters. The van der Waals surface area contributed by atoms with Crippen LogP contribution in [0.2, 0.25) is 5.02 Å². The zero-order chi connectivity index (χ0) is 17.1. The summed E-state index contributed by atoms with van der Waals surface area (Å²) in [4.78, 5) is 26.5. The first kappa shape index (κ1) is 15.6. The van der Waals surface area contributed by atoms with Crippen LogP contribution in [0.25, 0.3) is 5.82 Å². The Labute approximate surface area is 140 Å². The van der Waals surface area contributed by atoms with Crippen LogP contribution < -0.4 is 5.32 Å². The van der Waals surface area contributed by atoms with Gasteiger partial charge in [-0.05, 0) is 24.3 Å². The summed E-state index contributed by atoms with van der Waals surface area (Å²) in [5.74, 6) is -0.150. The van der Waals surface area contributed by atoms with Gasteiger partial charge in [0.1, 0.15) is 12.0 Å². The average Bonchev–Trinajstić information content (AvgIpc) is 3.09. The molecule has 0 bridgehead atoms. The van der Waals surface area contributed by atoms with E-state index in [1.165, 1.54) is 24.3 Å². The summed E-state index contributed by atoms with van der Waals surface area (Å²) < 4.78 is 1.62. The van der Waals surface area contributed by atoms with Crippen molar-refractivity contribution < 1.29 is 9.72 Å². The molecule has 0 fully saturated rings. The van der Waals surface area contributed by atoms with Crippen molar-refractivity contribution in [1.29, 1.82) is 0 Å². The van der Waals surface area contributed by atoms with Crippen molar-refractivity contribution in [3.8, 4) is 5.82 Å². The van der Waals surface area contributed by atoms with Crippen LogP contribution in [0.1, 0.15) is 10.5 Å². The van der Waals surface area contributed by atoms with Crippen LogP contribution in [0.5, 0.6) is 0 Å². The van der Waals surface area contributed by atoms with E-state index in [1.807, 2.05) is 0 Å². The summed E-state index contributed by atoms with van der Waals surface area (Å²) in [6, 6.07) is 6.91. The number of nitro groups is 1. The van der Waals surface area contributed by atoms with Gasteiger partial charge in [-0.3, -0.25) is 19.5 Å². The van der Waals surface area contributed by atoms with Gasteiger partial charge in [-0.1, -0.05) is 11.6 Å². The molecule has 1 amide bonds. The predicted octanol–water partition coefficient (Wildman–Crippen LogP) is 2.48. The van der Waals surface area contributed by atoms with Crippen molar-refractivity contribution in [1.82, 2.24) is 19.7 Å². The van der Waals surface area contributed by atoms with E-state index in [4.69, 9.17) is 11.6 Å². The first-order valence-electron chi connectivity index (χ1n) is 6.62. The van der Waals surface area contributed by atoms with E-state index in [9.17, 15) is 14.9 Å². The third kappa shape index (κ3) is 3.20. The molecule has 10 heteroatoms. The Morgan fingerprint density at radius 2 is 2.08 bits per heavy atom. The molecule has 0 aliphatic heterocycles. The lowest BCUT2D eigenvalue weighted by atomic mass is 10.2. The summed E-state index contributed by atoms with van der Waals surface area (Å²) in [5, 5.41) is 21.4. The largest absolute Gasteiger partial charge is 0.315 e. The number of carbonyl (C=O) groups excluding carboxylic acids is 1. The smallest absolute Gasteiger partial charge is 0.292 e. The van der Waals surface area contributed by atoms with E-state index in [-0.39, 0.29) is 22.1 Å². The van der Waals surface area contributed by atoms with Crippen LogP contribution in [-0.4, -0.2) is 30.6 Å². The summed E-state index contributed by atoms with van der Waals surface area (Å²) in [6.07, 6.45) is 4.80. The van der Waals surface area contributed by atoms with Gasteiger partial charge in [0.25, 0.3) is 11.6 Å². The molecule has 0 aliphatic rings. The number of nitrogens with one attached hydrogen (secondary N) is 1. The molecule has 1 aromatic carbocycles. The number of amides is 1. The molecule has 2 heterocycles. The van der Waals surface area contributed by atoms with Gasteiger partial charge in [-0.2, -0.15) is 0 Å². The van der Waals surface area contributed by atoms with Crippen molar-refractivity contribution in [2.75, 3.05) is 5.32 Å². The minimum atomic E-state index is -0.634. The fraction of sp³-hybridized carbons (Fsp3) is 0. The van der Waals surface area contributed by atoms with E-state index in [2.05, 4.69) is 20.5 Å². The van der Waals surface area contributed by atoms with E-state index >= 15 is 0 Å². The van der Waals surface area contributed by atoms with Gasteiger partial charge in [-0.15, -0.1) is 10.2 Å². The van der Waals surface area contributed by atoms with Gasteiger partial charge in [0.15, 0.2) is 11.5 Å². The molecule has 3 rings (SSSR count). The number of nitro benzene ring substituents is 1. The minimum Gasteiger partial charge on any atom is -0.315 e. The number of rotatable bonds is 4. The zero-order valence-electron chi connectivity index (χ0n) is 12.0. The number of anilines is 1. The van der Waals surface area contributed by atoms with Crippen LogP contribution in [0.3, 0.4) is 0 Å². The molecule has 24 heavy (non-hydrogen) atoms. The van der Waals surface area contributed by atoms with Crippen molar-refractivity contribution in [3.63, 3.8) is 0 Å². The number of aromatic nitrogens is 4. The molecule has 3 aromatic rings. The van der Waals surface area contributed by atoms with Gasteiger partial charge < -0.3 is 5.32 Å². The quantitative estimate of drug-likeness (QED) is 0.574. The highest BCUT2D eigenvalue weighted by Gasteiger charge is 2.18. The molecule has 0 atom stereocenters. The second kappa shape index (κ2) is 6.42. The highest BCUT2D eigenvalue weighted by atomic mass is 35.5. The number of nitrogens with zero attached hydrogens (tertiary/aromatic N) is 5. The van der Waals surface area contributed by atoms with Crippen LogP contribution in [0.4, 0.5) is 11.4 Å². The Morgan fingerprint density at radius 1 is 1.25 bits per heavy atom. The van der Waals surface area contributed by atoms with Crippen LogP contribution in [0.15, 0.2) is 49.1 Å². The number of hydrogen-bond donors (Lipinski definition) is 1. The monoisotopic (exact) mass is 344 g/mol. The second-order valence-corrected chi connectivity index (χ2v) is 5.06. The summed E-state index contributed by atoms with van der Waals surface area (Å²) >= 11 is 5.82. The van der Waals surface area contributed by atoms with E-state index in [0.29, 0.717) is 5.82 Å². The van der Waals surface area contributed by atoms with Crippen LogP contribution in [0, 0.1) is 10.1 Å². The maximum atomic E-state index is 12.2. The fourth-order valence-corrected chi connectivity index (χ4v) is 2.10. The predicted molar refractivity (Wildman–Crippen MR) is 85.2 cm³/mol. The van der Waals surface area contributed by atoms with Gasteiger partial charge in [0.05, 0.1) is 4.92 Å². The SMILES string of the molecule is O=C(Nc1cc(Cl)ccc1[N+](=O)[O-])c1ccc(-n2ccnc2)nn1. The molecule has 9 nitrogen and oxygen atoms in total. The number of carbonyl (C=O) groups is 1. The van der Waals surface area contributed by atoms with Crippen molar-refractivity contribution in [2.24, 2.45) is 0 Å². The van der Waals surface area contributed by atoms with Gasteiger partial charge in [0.2, 0.25) is 0 Å². The lowest BCUT2D eigenvalue weighted by Crippen LogP contribution is -2.15. The molecule has 0 saturated heterocycles. The molecule has 0 saturated carbocycles. The second-order valence-electron chi connectivity index (χ2n) is 4.62. The highest BCUT2D eigenvalue weighted by molar-refractivity contribution is 6.31. The normalized spacial score (nSPS) is 10.4. The molecule has 120 valence electrons. The Bertz CT molecular complexity index is 895. The zero-order valence-corrected chi connectivity index (χ0v) is 12.7. The lowest BCUT2D eigenvalue weighted by Gasteiger charge is -2.06. The first-order chi connectivity index (χ1) is 11.5. The van der Waals surface area contributed by atoms with E-state index in [0.717, 1.165) is 0 Å². The molecule has 0 radical (unpaired) electrons. The van der Waals surface area contributed by atoms with Crippen molar-refractivity contribution in [2.45, 2.75) is 0 Å². The standard InChI is InChI=1S/C14H9ClN6O3/c15-9-1-3-12(21(23)24)11(7-9)17-14(22)10-2-4-13(19-18-10)20-6-5-16-8-20/h1-8H,(H,17,22). The molecule has 0 aliphatic carbocycles. The van der Waals surface area contributed by atoms with Crippen LogP contribution >= 0.6 is 11.6 Å². The molecular weight excluding hydrogens is 336 g/mol. The lowest BCUT2D eigenvalue weighted by molar-refractivity contribution is -0.383. The molecular formula is C14H9ClN6O3. The Kier molecular flexibility index (Phi) is 4.17. The van der Waals surface area contributed by atoms with Crippen molar-refractivity contribution in [3.05, 3.63) is 69.9 Å². The van der Waals surface area contributed by atoms with Crippen molar-refractivity contribution >= 4 is 28.9 Å². The average molecular weight is 345 g/mol. The minimum absolute atomic E-state index is 0.00754. The molecule has 1 N–H and O–H groups in total. The molecule has 0 spiro atoms.